The van der Waals surface area contributed by atoms with Crippen molar-refractivity contribution in [3.63, 3.8) is 0 Å². The summed E-state index contributed by atoms with van der Waals surface area (Å²) in [5, 5.41) is 0. The van der Waals surface area contributed by atoms with Gasteiger partial charge in [0.25, 0.3) is 5.91 Å². The lowest BCUT2D eigenvalue weighted by atomic mass is 10.2. The molecule has 2 aromatic carbocycles. The topological polar surface area (TPSA) is 56.1 Å². The van der Waals surface area contributed by atoms with Gasteiger partial charge >= 0.3 is 0 Å². The second kappa shape index (κ2) is 8.31. The number of thiazole rings is 1. The average Bonchev–Trinajstić information content (AvgIpc) is 3.03. The molecule has 0 spiro atoms. The summed E-state index contributed by atoms with van der Waals surface area (Å²) in [5.74, 6) is 0.982. The van der Waals surface area contributed by atoms with E-state index in [0.29, 0.717) is 28.4 Å². The van der Waals surface area contributed by atoms with Gasteiger partial charge in [0.15, 0.2) is 16.3 Å². The molecule has 3 aromatic rings. The molecule has 7 heteroatoms. The first kappa shape index (κ1) is 19.7. The molecule has 0 unspecified atom stereocenters. The highest BCUT2D eigenvalue weighted by atomic mass is 32.1. The fourth-order valence-electron chi connectivity index (χ4n) is 2.84. The van der Waals surface area contributed by atoms with Gasteiger partial charge in [-0.3, -0.25) is 4.79 Å². The molecule has 3 rings (SSSR count). The normalized spacial score (nSPS) is 11.5. The van der Waals surface area contributed by atoms with Gasteiger partial charge in [0.1, 0.15) is 0 Å². The molecule has 0 fully saturated rings. The monoisotopic (exact) mass is 397 g/mol. The number of rotatable bonds is 6. The molecule has 1 amide bonds. The molecule has 28 heavy (non-hydrogen) atoms. The van der Waals surface area contributed by atoms with Crippen LogP contribution in [-0.4, -0.2) is 38.8 Å². The lowest BCUT2D eigenvalue weighted by Gasteiger charge is -2.11. The largest absolute Gasteiger partial charge is 0.493 e. The number of fused-ring (bicyclic) bond motifs is 1. The Morgan fingerprint density at radius 3 is 2.39 bits per heavy atom. The number of benzene rings is 2. The minimum Gasteiger partial charge on any atom is -0.493 e. The van der Waals surface area contributed by atoms with Crippen LogP contribution >= 0.6 is 11.3 Å². The molecule has 1 heterocycles. The number of carbonyl (C=O) groups is 1. The highest BCUT2D eigenvalue weighted by molar-refractivity contribution is 7.16. The Morgan fingerprint density at radius 2 is 1.82 bits per heavy atom. The Kier molecular flexibility index (Phi) is 5.84. The maximum atomic E-state index is 12.7. The molecule has 0 saturated heterocycles. The van der Waals surface area contributed by atoms with Crippen molar-refractivity contribution in [2.24, 2.45) is 4.99 Å². The minimum atomic E-state index is -0.284. The SMILES string of the molecule is C=CCn1c(=NC(=O)c2ccc(N(C)C)cc2)sc2cc(OC)c(OC)cc21. The molecule has 1 aromatic heterocycles. The third-order valence-electron chi connectivity index (χ3n) is 4.33. The van der Waals surface area contributed by atoms with Gasteiger partial charge in [-0.25, -0.2) is 0 Å². The highest BCUT2D eigenvalue weighted by Crippen LogP contribution is 2.33. The first-order valence-electron chi connectivity index (χ1n) is 8.71. The third kappa shape index (κ3) is 3.80. The first-order valence-corrected chi connectivity index (χ1v) is 9.52. The van der Waals surface area contributed by atoms with Crippen LogP contribution in [0.15, 0.2) is 54.0 Å². The summed E-state index contributed by atoms with van der Waals surface area (Å²) in [6.45, 7) is 4.35. The van der Waals surface area contributed by atoms with Crippen LogP contribution in [0.4, 0.5) is 5.69 Å². The Hall–Kier alpha value is -3.06. The fraction of sp³-hybridized carbons (Fsp3) is 0.238. The van der Waals surface area contributed by atoms with Gasteiger partial charge in [-0.15, -0.1) is 6.58 Å². The molecule has 0 saturated carbocycles. The van der Waals surface area contributed by atoms with Gasteiger partial charge < -0.3 is 18.9 Å². The number of aromatic nitrogens is 1. The van der Waals surface area contributed by atoms with Crippen LogP contribution in [0.25, 0.3) is 10.2 Å². The van der Waals surface area contributed by atoms with E-state index in [0.717, 1.165) is 15.9 Å². The van der Waals surface area contributed by atoms with Crippen molar-refractivity contribution in [2.45, 2.75) is 6.54 Å². The van der Waals surface area contributed by atoms with Crippen LogP contribution in [0.2, 0.25) is 0 Å². The van der Waals surface area contributed by atoms with Crippen LogP contribution in [0.5, 0.6) is 11.5 Å². The van der Waals surface area contributed by atoms with Crippen LogP contribution < -0.4 is 19.2 Å². The van der Waals surface area contributed by atoms with Crippen molar-refractivity contribution in [1.82, 2.24) is 4.57 Å². The van der Waals surface area contributed by atoms with Gasteiger partial charge in [-0.2, -0.15) is 4.99 Å². The van der Waals surface area contributed by atoms with Crippen molar-refractivity contribution in [2.75, 3.05) is 33.2 Å². The third-order valence-corrected chi connectivity index (χ3v) is 5.37. The zero-order valence-corrected chi connectivity index (χ0v) is 17.2. The van der Waals surface area contributed by atoms with Crippen LogP contribution in [-0.2, 0) is 6.54 Å². The Labute approximate surface area is 168 Å². The Bertz CT molecular complexity index is 1080. The van der Waals surface area contributed by atoms with Gasteiger partial charge in [0.2, 0.25) is 0 Å². The van der Waals surface area contributed by atoms with Crippen molar-refractivity contribution in [3.8, 4) is 11.5 Å². The van der Waals surface area contributed by atoms with Crippen molar-refractivity contribution < 1.29 is 14.3 Å². The maximum Gasteiger partial charge on any atom is 0.279 e. The number of hydrogen-bond acceptors (Lipinski definition) is 5. The summed E-state index contributed by atoms with van der Waals surface area (Å²) in [4.78, 5) is 19.7. The Balaban J connectivity index is 2.11. The predicted octanol–water partition coefficient (Wildman–Crippen LogP) is 3.71. The lowest BCUT2D eigenvalue weighted by Crippen LogP contribution is -2.16. The van der Waals surface area contributed by atoms with Gasteiger partial charge in [0, 0.05) is 44.0 Å². The van der Waals surface area contributed by atoms with E-state index in [1.165, 1.54) is 11.3 Å². The van der Waals surface area contributed by atoms with Crippen molar-refractivity contribution >= 4 is 33.1 Å². The standard InChI is InChI=1S/C21H23N3O3S/c1-6-11-24-16-12-17(26-4)18(27-5)13-19(16)28-21(24)22-20(25)14-7-9-15(10-8-14)23(2)3/h6-10,12-13H,1,11H2,2-5H3. The van der Waals surface area contributed by atoms with Gasteiger partial charge in [0.05, 0.1) is 24.4 Å². The second-order valence-electron chi connectivity index (χ2n) is 6.32. The Morgan fingerprint density at radius 1 is 1.18 bits per heavy atom. The summed E-state index contributed by atoms with van der Waals surface area (Å²) in [5.41, 5.74) is 2.49. The van der Waals surface area contributed by atoms with E-state index in [-0.39, 0.29) is 5.91 Å². The lowest BCUT2D eigenvalue weighted by molar-refractivity contribution is 0.0998. The number of nitrogens with zero attached hydrogens (tertiary/aromatic N) is 3. The van der Waals surface area contributed by atoms with E-state index < -0.39 is 0 Å². The number of allylic oxidation sites excluding steroid dienone is 1. The molecule has 0 atom stereocenters. The summed E-state index contributed by atoms with van der Waals surface area (Å²) in [6, 6.07) is 11.2. The van der Waals surface area contributed by atoms with E-state index in [1.807, 2.05) is 47.8 Å². The maximum absolute atomic E-state index is 12.7. The molecule has 0 bridgehead atoms. The number of amides is 1. The highest BCUT2D eigenvalue weighted by Gasteiger charge is 2.13. The fourth-order valence-corrected chi connectivity index (χ4v) is 3.89. The van der Waals surface area contributed by atoms with E-state index in [9.17, 15) is 4.79 Å². The van der Waals surface area contributed by atoms with Crippen molar-refractivity contribution in [3.05, 3.63) is 59.4 Å². The molecule has 0 N–H and O–H groups in total. The molecule has 0 radical (unpaired) electrons. The molecule has 0 aliphatic heterocycles. The molecule has 0 aliphatic carbocycles. The van der Waals surface area contributed by atoms with Crippen molar-refractivity contribution in [1.29, 1.82) is 0 Å². The number of carbonyl (C=O) groups excluding carboxylic acids is 1. The predicted molar refractivity (Wildman–Crippen MR) is 114 cm³/mol. The summed E-state index contributed by atoms with van der Waals surface area (Å²) >= 11 is 1.43. The number of anilines is 1. The zero-order valence-electron chi connectivity index (χ0n) is 16.4. The molecule has 146 valence electrons. The number of methoxy groups -OCH3 is 2. The molecule has 0 aliphatic rings. The van der Waals surface area contributed by atoms with E-state index in [1.54, 1.807) is 32.4 Å². The first-order chi connectivity index (χ1) is 13.5. The zero-order chi connectivity index (χ0) is 20.3. The molecular formula is C21H23N3O3S. The van der Waals surface area contributed by atoms with Crippen LogP contribution in [0.1, 0.15) is 10.4 Å². The number of ether oxygens (including phenoxy) is 2. The van der Waals surface area contributed by atoms with E-state index >= 15 is 0 Å². The van der Waals surface area contributed by atoms with Gasteiger partial charge in [-0.1, -0.05) is 17.4 Å². The minimum absolute atomic E-state index is 0.284. The summed E-state index contributed by atoms with van der Waals surface area (Å²) < 4.78 is 13.7. The molecule has 6 nitrogen and oxygen atoms in total. The summed E-state index contributed by atoms with van der Waals surface area (Å²) in [6.07, 6.45) is 1.78. The smallest absolute Gasteiger partial charge is 0.279 e. The second-order valence-corrected chi connectivity index (χ2v) is 7.33. The average molecular weight is 398 g/mol. The van der Waals surface area contributed by atoms with E-state index in [2.05, 4.69) is 11.6 Å². The van der Waals surface area contributed by atoms with Crippen LogP contribution in [0.3, 0.4) is 0 Å². The summed E-state index contributed by atoms with van der Waals surface area (Å²) in [7, 11) is 7.11. The van der Waals surface area contributed by atoms with Crippen LogP contribution in [0, 0.1) is 0 Å². The quantitative estimate of drug-likeness (QED) is 0.595. The molecular weight excluding hydrogens is 374 g/mol. The van der Waals surface area contributed by atoms with Gasteiger partial charge in [-0.05, 0) is 24.3 Å². The van der Waals surface area contributed by atoms with E-state index in [4.69, 9.17) is 9.47 Å². The number of hydrogen-bond donors (Lipinski definition) is 0.